The molecule has 1 N–H and O–H groups in total. The number of carbonyl (C=O) groups is 1. The van der Waals surface area contributed by atoms with Gasteiger partial charge in [-0.3, -0.25) is 0 Å². The number of carboxylic acid groups (broad SMARTS) is 1. The first-order valence-electron chi connectivity index (χ1n) is 7.23. The van der Waals surface area contributed by atoms with Gasteiger partial charge in [0.25, 0.3) is 0 Å². The first-order valence-corrected chi connectivity index (χ1v) is 9.09. The molecule has 0 radical (unpaired) electrons. The fraction of sp³-hybridized carbons (Fsp3) is 0.733. The molecule has 1 aliphatic carbocycles. The third-order valence-corrected chi connectivity index (χ3v) is 6.18. The minimum absolute atomic E-state index is 0.210. The van der Waals surface area contributed by atoms with E-state index in [-0.39, 0.29) is 5.41 Å². The Kier molecular flexibility index (Phi) is 5.13. The average Bonchev–Trinajstić information content (AvgIpc) is 2.82. The number of hydrogen-bond acceptors (Lipinski definition) is 4. The number of thiazole rings is 1. The van der Waals surface area contributed by atoms with Crippen LogP contribution in [0.5, 0.6) is 0 Å². The van der Waals surface area contributed by atoms with Crippen molar-refractivity contribution in [3.8, 4) is 0 Å². The Morgan fingerprint density at radius 2 is 2.00 bits per heavy atom. The van der Waals surface area contributed by atoms with Gasteiger partial charge in [0.05, 0.1) is 5.69 Å². The van der Waals surface area contributed by atoms with Crippen molar-refractivity contribution >= 4 is 29.1 Å². The molecule has 1 fully saturated rings. The highest BCUT2D eigenvalue weighted by Crippen LogP contribution is 2.34. The minimum Gasteiger partial charge on any atom is -0.477 e. The smallest absolute Gasteiger partial charge is 0.347 e. The SMILES string of the molecule is CC(C)(C)c1nc(CSC2CCCCC2)sc1C(=O)O. The topological polar surface area (TPSA) is 50.2 Å². The van der Waals surface area contributed by atoms with Crippen molar-refractivity contribution in [1.29, 1.82) is 0 Å². The quantitative estimate of drug-likeness (QED) is 0.875. The second-order valence-electron chi connectivity index (χ2n) is 6.41. The lowest BCUT2D eigenvalue weighted by Gasteiger charge is -2.20. The average molecular weight is 313 g/mol. The third kappa shape index (κ3) is 3.98. The fourth-order valence-electron chi connectivity index (χ4n) is 2.50. The molecule has 1 aromatic rings. The van der Waals surface area contributed by atoms with E-state index < -0.39 is 5.97 Å². The standard InChI is InChI=1S/C15H23NO2S2/c1-15(2,3)13-12(14(17)18)20-11(16-13)9-19-10-7-5-4-6-8-10/h10H,4-9H2,1-3H3,(H,17,18). The van der Waals surface area contributed by atoms with Crippen LogP contribution in [-0.4, -0.2) is 21.3 Å². The van der Waals surface area contributed by atoms with Gasteiger partial charge < -0.3 is 5.11 Å². The van der Waals surface area contributed by atoms with Gasteiger partial charge in [-0.25, -0.2) is 9.78 Å². The van der Waals surface area contributed by atoms with E-state index >= 15 is 0 Å². The molecule has 0 aliphatic heterocycles. The van der Waals surface area contributed by atoms with Crippen LogP contribution in [0.4, 0.5) is 0 Å². The van der Waals surface area contributed by atoms with E-state index in [2.05, 4.69) is 4.98 Å². The van der Waals surface area contributed by atoms with E-state index in [0.717, 1.165) is 21.7 Å². The van der Waals surface area contributed by atoms with Crippen LogP contribution in [0, 0.1) is 0 Å². The maximum absolute atomic E-state index is 11.4. The number of carboxylic acids is 1. The van der Waals surface area contributed by atoms with Gasteiger partial charge in [-0.1, -0.05) is 40.0 Å². The second-order valence-corrected chi connectivity index (χ2v) is 8.78. The number of rotatable bonds is 4. The van der Waals surface area contributed by atoms with Crippen LogP contribution in [0.2, 0.25) is 0 Å². The molecule has 5 heteroatoms. The van der Waals surface area contributed by atoms with Gasteiger partial charge in [-0.05, 0) is 12.8 Å². The van der Waals surface area contributed by atoms with E-state index in [1.165, 1.54) is 43.4 Å². The monoisotopic (exact) mass is 313 g/mol. The van der Waals surface area contributed by atoms with E-state index in [4.69, 9.17) is 0 Å². The normalized spacial score (nSPS) is 17.4. The first kappa shape index (κ1) is 15.8. The lowest BCUT2D eigenvalue weighted by Crippen LogP contribution is -2.16. The first-order chi connectivity index (χ1) is 9.38. The summed E-state index contributed by atoms with van der Waals surface area (Å²) in [4.78, 5) is 16.4. The zero-order valence-electron chi connectivity index (χ0n) is 12.4. The predicted octanol–water partition coefficient (Wildman–Crippen LogP) is 4.70. The summed E-state index contributed by atoms with van der Waals surface area (Å²) in [5, 5.41) is 11.0. The summed E-state index contributed by atoms with van der Waals surface area (Å²) in [6.45, 7) is 6.06. The summed E-state index contributed by atoms with van der Waals surface area (Å²) >= 11 is 3.30. The second kappa shape index (κ2) is 6.48. The van der Waals surface area contributed by atoms with Crippen LogP contribution in [0.3, 0.4) is 0 Å². The molecular weight excluding hydrogens is 290 g/mol. The number of aromatic nitrogens is 1. The number of aromatic carboxylic acids is 1. The Morgan fingerprint density at radius 1 is 1.35 bits per heavy atom. The highest BCUT2D eigenvalue weighted by atomic mass is 32.2. The van der Waals surface area contributed by atoms with Crippen LogP contribution < -0.4 is 0 Å². The van der Waals surface area contributed by atoms with Gasteiger partial charge in [0.1, 0.15) is 9.88 Å². The molecule has 1 aliphatic rings. The van der Waals surface area contributed by atoms with Crippen LogP contribution in [0.1, 0.15) is 73.2 Å². The van der Waals surface area contributed by atoms with Crippen LogP contribution in [0.15, 0.2) is 0 Å². The van der Waals surface area contributed by atoms with E-state index in [1.807, 2.05) is 32.5 Å². The summed E-state index contributed by atoms with van der Waals surface area (Å²) in [5.41, 5.74) is 0.520. The van der Waals surface area contributed by atoms with Crippen molar-refractivity contribution in [3.05, 3.63) is 15.6 Å². The highest BCUT2D eigenvalue weighted by molar-refractivity contribution is 7.99. The van der Waals surface area contributed by atoms with Crippen molar-refractivity contribution in [2.75, 3.05) is 0 Å². The molecule has 0 bridgehead atoms. The summed E-state index contributed by atoms with van der Waals surface area (Å²) in [7, 11) is 0. The maximum atomic E-state index is 11.4. The van der Waals surface area contributed by atoms with Gasteiger partial charge in [0.2, 0.25) is 0 Å². The van der Waals surface area contributed by atoms with Gasteiger partial charge >= 0.3 is 5.97 Å². The molecule has 0 spiro atoms. The predicted molar refractivity (Wildman–Crippen MR) is 85.9 cm³/mol. The molecule has 0 amide bonds. The van der Waals surface area contributed by atoms with Gasteiger partial charge in [0, 0.05) is 16.4 Å². The molecule has 112 valence electrons. The van der Waals surface area contributed by atoms with Gasteiger partial charge in [-0.2, -0.15) is 11.8 Å². The third-order valence-electron chi connectivity index (χ3n) is 3.57. The Bertz CT molecular complexity index is 471. The van der Waals surface area contributed by atoms with Gasteiger partial charge in [-0.15, -0.1) is 11.3 Å². The Balaban J connectivity index is 2.06. The molecule has 1 heterocycles. The zero-order valence-corrected chi connectivity index (χ0v) is 14.1. The highest BCUT2D eigenvalue weighted by Gasteiger charge is 2.27. The zero-order chi connectivity index (χ0) is 14.8. The van der Waals surface area contributed by atoms with E-state index in [0.29, 0.717) is 4.88 Å². The molecule has 1 aromatic heterocycles. The van der Waals surface area contributed by atoms with Crippen LogP contribution >= 0.6 is 23.1 Å². The van der Waals surface area contributed by atoms with Crippen LogP contribution in [0.25, 0.3) is 0 Å². The van der Waals surface area contributed by atoms with E-state index in [9.17, 15) is 9.90 Å². The molecule has 1 saturated carbocycles. The largest absolute Gasteiger partial charge is 0.477 e. The molecule has 0 saturated heterocycles. The van der Waals surface area contributed by atoms with E-state index in [1.54, 1.807) is 0 Å². The van der Waals surface area contributed by atoms with Crippen molar-refractivity contribution in [2.45, 2.75) is 69.3 Å². The summed E-state index contributed by atoms with van der Waals surface area (Å²) < 4.78 is 0. The Labute approximate surface area is 129 Å². The summed E-state index contributed by atoms with van der Waals surface area (Å²) in [5.74, 6) is 0.00689. The minimum atomic E-state index is -0.846. The van der Waals surface area contributed by atoms with Crippen molar-refractivity contribution in [3.63, 3.8) is 0 Å². The molecule has 2 rings (SSSR count). The van der Waals surface area contributed by atoms with Gasteiger partial charge in [0.15, 0.2) is 0 Å². The van der Waals surface area contributed by atoms with Crippen LogP contribution in [-0.2, 0) is 11.2 Å². The molecule has 0 atom stereocenters. The number of thioether (sulfide) groups is 1. The molecular formula is C15H23NO2S2. The van der Waals surface area contributed by atoms with Crippen molar-refractivity contribution in [1.82, 2.24) is 4.98 Å². The lowest BCUT2D eigenvalue weighted by atomic mass is 9.91. The number of hydrogen-bond donors (Lipinski definition) is 1. The summed E-state index contributed by atoms with van der Waals surface area (Å²) in [6, 6.07) is 0. The lowest BCUT2D eigenvalue weighted by molar-refractivity contribution is 0.0699. The molecule has 0 unspecified atom stereocenters. The Hall–Kier alpha value is -0.550. The molecule has 3 nitrogen and oxygen atoms in total. The summed E-state index contributed by atoms with van der Waals surface area (Å²) in [6.07, 6.45) is 6.64. The molecule has 0 aromatic carbocycles. The van der Waals surface area contributed by atoms with Crippen molar-refractivity contribution < 1.29 is 9.90 Å². The fourth-order valence-corrected chi connectivity index (χ4v) is 4.96. The number of nitrogens with zero attached hydrogens (tertiary/aromatic N) is 1. The molecule has 20 heavy (non-hydrogen) atoms. The Morgan fingerprint density at radius 3 is 2.50 bits per heavy atom. The maximum Gasteiger partial charge on any atom is 0.347 e. The van der Waals surface area contributed by atoms with Crippen molar-refractivity contribution in [2.24, 2.45) is 0 Å².